The second kappa shape index (κ2) is 7.85. The summed E-state index contributed by atoms with van der Waals surface area (Å²) in [5.74, 6) is 6.75. The van der Waals surface area contributed by atoms with Crippen LogP contribution in [0, 0.1) is 17.8 Å². The lowest BCUT2D eigenvalue weighted by molar-refractivity contribution is -0.128. The highest BCUT2D eigenvalue weighted by Gasteiger charge is 2.28. The SMILES string of the molecule is CCCC1CC(=O)N(Cc2cccc(C#CCCO)c2)C1. The number of aliphatic hydroxyl groups is 1. The van der Waals surface area contributed by atoms with Crippen molar-refractivity contribution in [1.82, 2.24) is 4.90 Å². The lowest BCUT2D eigenvalue weighted by atomic mass is 10.0. The average molecular weight is 285 g/mol. The zero-order valence-electron chi connectivity index (χ0n) is 12.6. The van der Waals surface area contributed by atoms with E-state index in [9.17, 15) is 4.79 Å². The maximum Gasteiger partial charge on any atom is 0.223 e. The molecular weight excluding hydrogens is 262 g/mol. The zero-order valence-corrected chi connectivity index (χ0v) is 12.6. The molecule has 21 heavy (non-hydrogen) atoms. The summed E-state index contributed by atoms with van der Waals surface area (Å²) in [6.45, 7) is 3.82. The van der Waals surface area contributed by atoms with E-state index in [0.29, 0.717) is 25.3 Å². The maximum atomic E-state index is 12.0. The lowest BCUT2D eigenvalue weighted by Crippen LogP contribution is -2.24. The van der Waals surface area contributed by atoms with Crippen LogP contribution in [0.4, 0.5) is 0 Å². The van der Waals surface area contributed by atoms with Crippen LogP contribution in [0.15, 0.2) is 24.3 Å². The smallest absolute Gasteiger partial charge is 0.223 e. The van der Waals surface area contributed by atoms with E-state index >= 15 is 0 Å². The molecule has 1 N–H and O–H groups in total. The number of hydrogen-bond acceptors (Lipinski definition) is 2. The van der Waals surface area contributed by atoms with Crippen molar-refractivity contribution in [1.29, 1.82) is 0 Å². The highest BCUT2D eigenvalue weighted by molar-refractivity contribution is 5.78. The summed E-state index contributed by atoms with van der Waals surface area (Å²) < 4.78 is 0. The molecule has 0 aromatic heterocycles. The Morgan fingerprint density at radius 1 is 1.43 bits per heavy atom. The third-order valence-electron chi connectivity index (χ3n) is 3.76. The molecule has 1 atom stereocenters. The Morgan fingerprint density at radius 3 is 3.05 bits per heavy atom. The van der Waals surface area contributed by atoms with Crippen molar-refractivity contribution in [2.24, 2.45) is 5.92 Å². The summed E-state index contributed by atoms with van der Waals surface area (Å²) in [6.07, 6.45) is 3.47. The molecular formula is C18H23NO2. The summed E-state index contributed by atoms with van der Waals surface area (Å²) in [7, 11) is 0. The predicted octanol–water partition coefficient (Wildman–Crippen LogP) is 2.57. The van der Waals surface area contributed by atoms with E-state index in [1.165, 1.54) is 0 Å². The van der Waals surface area contributed by atoms with Gasteiger partial charge in [-0.15, -0.1) is 0 Å². The van der Waals surface area contributed by atoms with Crippen molar-refractivity contribution in [2.45, 2.75) is 39.2 Å². The van der Waals surface area contributed by atoms with Crippen LogP contribution in [-0.4, -0.2) is 29.1 Å². The Morgan fingerprint density at radius 2 is 2.29 bits per heavy atom. The number of amides is 1. The predicted molar refractivity (Wildman–Crippen MR) is 83.5 cm³/mol. The standard InChI is InChI=1S/C18H23NO2/c1-2-6-16-12-18(21)19(13-16)14-17-9-5-8-15(11-17)7-3-4-10-20/h5,8-9,11,16,20H,2,4,6,10,12-14H2,1H3. The van der Waals surface area contributed by atoms with E-state index in [-0.39, 0.29) is 12.5 Å². The first-order chi connectivity index (χ1) is 10.2. The van der Waals surface area contributed by atoms with Crippen LogP contribution in [0.2, 0.25) is 0 Å². The minimum Gasteiger partial charge on any atom is -0.395 e. The molecule has 1 fully saturated rings. The van der Waals surface area contributed by atoms with Gasteiger partial charge in [-0.2, -0.15) is 0 Å². The van der Waals surface area contributed by atoms with Crippen molar-refractivity contribution in [3.05, 3.63) is 35.4 Å². The van der Waals surface area contributed by atoms with Crippen molar-refractivity contribution in [3.8, 4) is 11.8 Å². The molecule has 1 unspecified atom stereocenters. The Labute approximate surface area is 127 Å². The largest absolute Gasteiger partial charge is 0.395 e. The van der Waals surface area contributed by atoms with Crippen LogP contribution in [0.25, 0.3) is 0 Å². The van der Waals surface area contributed by atoms with E-state index in [2.05, 4.69) is 18.8 Å². The highest BCUT2D eigenvalue weighted by Crippen LogP contribution is 2.23. The van der Waals surface area contributed by atoms with E-state index in [0.717, 1.165) is 30.5 Å². The maximum absolute atomic E-state index is 12.0. The molecule has 0 spiro atoms. The summed E-state index contributed by atoms with van der Waals surface area (Å²) in [4.78, 5) is 14.0. The minimum absolute atomic E-state index is 0.0911. The van der Waals surface area contributed by atoms with Gasteiger partial charge in [-0.05, 0) is 30.0 Å². The minimum atomic E-state index is 0.0911. The number of rotatable bonds is 5. The van der Waals surface area contributed by atoms with Crippen molar-refractivity contribution in [3.63, 3.8) is 0 Å². The molecule has 0 aliphatic carbocycles. The van der Waals surface area contributed by atoms with Gasteiger partial charge in [0.25, 0.3) is 0 Å². The first-order valence-corrected chi connectivity index (χ1v) is 7.69. The molecule has 1 aliphatic rings. The first kappa shape index (κ1) is 15.6. The molecule has 0 bridgehead atoms. The van der Waals surface area contributed by atoms with E-state index in [1.807, 2.05) is 29.2 Å². The fraction of sp³-hybridized carbons (Fsp3) is 0.500. The third kappa shape index (κ3) is 4.61. The molecule has 1 amide bonds. The quantitative estimate of drug-likeness (QED) is 0.845. The summed E-state index contributed by atoms with van der Waals surface area (Å²) in [5.41, 5.74) is 2.06. The van der Waals surface area contributed by atoms with Crippen molar-refractivity contribution in [2.75, 3.05) is 13.2 Å². The van der Waals surface area contributed by atoms with Gasteiger partial charge in [0.15, 0.2) is 0 Å². The van der Waals surface area contributed by atoms with Crippen LogP contribution in [0.3, 0.4) is 0 Å². The molecule has 0 saturated carbocycles. The third-order valence-corrected chi connectivity index (χ3v) is 3.76. The second-order valence-electron chi connectivity index (χ2n) is 5.61. The number of benzene rings is 1. The first-order valence-electron chi connectivity index (χ1n) is 7.69. The van der Waals surface area contributed by atoms with Gasteiger partial charge in [-0.25, -0.2) is 0 Å². The van der Waals surface area contributed by atoms with Crippen LogP contribution in [0.1, 0.15) is 43.7 Å². The molecule has 1 heterocycles. The normalized spacial score (nSPS) is 17.7. The average Bonchev–Trinajstić information content (AvgIpc) is 2.80. The molecule has 1 aromatic carbocycles. The van der Waals surface area contributed by atoms with E-state index in [1.54, 1.807) is 0 Å². The van der Waals surface area contributed by atoms with Crippen molar-refractivity contribution >= 4 is 5.91 Å². The van der Waals surface area contributed by atoms with Crippen LogP contribution >= 0.6 is 0 Å². The topological polar surface area (TPSA) is 40.5 Å². The molecule has 1 aromatic rings. The molecule has 112 valence electrons. The highest BCUT2D eigenvalue weighted by atomic mass is 16.2. The molecule has 3 heteroatoms. The number of likely N-dealkylation sites (tertiary alicyclic amines) is 1. The van der Waals surface area contributed by atoms with Gasteiger partial charge in [-0.1, -0.05) is 37.3 Å². The van der Waals surface area contributed by atoms with Gasteiger partial charge < -0.3 is 10.0 Å². The van der Waals surface area contributed by atoms with E-state index < -0.39 is 0 Å². The van der Waals surface area contributed by atoms with Crippen LogP contribution in [-0.2, 0) is 11.3 Å². The zero-order chi connectivity index (χ0) is 15.1. The summed E-state index contributed by atoms with van der Waals surface area (Å²) >= 11 is 0. The Kier molecular flexibility index (Phi) is 5.83. The van der Waals surface area contributed by atoms with Crippen molar-refractivity contribution < 1.29 is 9.90 Å². The Balaban J connectivity index is 1.99. The van der Waals surface area contributed by atoms with Gasteiger partial charge in [0, 0.05) is 31.5 Å². The van der Waals surface area contributed by atoms with Crippen LogP contribution < -0.4 is 0 Å². The lowest BCUT2D eigenvalue weighted by Gasteiger charge is -2.16. The van der Waals surface area contributed by atoms with Gasteiger partial charge in [-0.3, -0.25) is 4.79 Å². The monoisotopic (exact) mass is 285 g/mol. The second-order valence-corrected chi connectivity index (χ2v) is 5.61. The number of aliphatic hydroxyl groups excluding tert-OH is 1. The number of carbonyl (C=O) groups excluding carboxylic acids is 1. The van der Waals surface area contributed by atoms with Gasteiger partial charge in [0.2, 0.25) is 5.91 Å². The number of nitrogens with zero attached hydrogens (tertiary/aromatic N) is 1. The molecule has 1 aliphatic heterocycles. The molecule has 0 radical (unpaired) electrons. The fourth-order valence-corrected chi connectivity index (χ4v) is 2.80. The number of carbonyl (C=O) groups is 1. The van der Waals surface area contributed by atoms with Gasteiger partial charge in [0.05, 0.1) is 6.61 Å². The van der Waals surface area contributed by atoms with Gasteiger partial charge in [0.1, 0.15) is 0 Å². The van der Waals surface area contributed by atoms with E-state index in [4.69, 9.17) is 5.11 Å². The number of hydrogen-bond donors (Lipinski definition) is 1. The fourth-order valence-electron chi connectivity index (χ4n) is 2.80. The summed E-state index contributed by atoms with van der Waals surface area (Å²) in [6, 6.07) is 8.00. The van der Waals surface area contributed by atoms with Crippen LogP contribution in [0.5, 0.6) is 0 Å². The summed E-state index contributed by atoms with van der Waals surface area (Å²) in [5, 5.41) is 8.74. The molecule has 3 nitrogen and oxygen atoms in total. The Bertz CT molecular complexity index is 542. The molecule has 2 rings (SSSR count). The molecule has 1 saturated heterocycles. The Hall–Kier alpha value is -1.79. The van der Waals surface area contributed by atoms with Gasteiger partial charge >= 0.3 is 0 Å².